The average Bonchev–Trinajstić information content (AvgIpc) is 2.41. The average molecular weight is 282 g/mol. The van der Waals surface area contributed by atoms with Crippen molar-refractivity contribution in [2.75, 3.05) is 12.4 Å². The van der Waals surface area contributed by atoms with Gasteiger partial charge in [-0.25, -0.2) is 0 Å². The summed E-state index contributed by atoms with van der Waals surface area (Å²) in [5.74, 6) is -0.450. The number of hydrogen-bond donors (Lipinski definition) is 3. The number of primary amides is 1. The Labute approximate surface area is 118 Å². The summed E-state index contributed by atoms with van der Waals surface area (Å²) in [6.45, 7) is 0. The third-order valence-corrected chi connectivity index (χ3v) is 3.98. The number of carbonyl (C=O) groups excluding carboxylic acids is 1. The second-order valence-corrected chi connectivity index (χ2v) is 5.47. The van der Waals surface area contributed by atoms with Gasteiger partial charge in [0.25, 0.3) is 5.91 Å². The maximum Gasteiger partial charge on any atom is 0.250 e. The zero-order valence-corrected chi connectivity index (χ0v) is 11.8. The van der Waals surface area contributed by atoms with Crippen molar-refractivity contribution in [3.63, 3.8) is 0 Å². The molecule has 0 heterocycles. The van der Waals surface area contributed by atoms with E-state index in [2.05, 4.69) is 10.6 Å². The number of benzene rings is 1. The van der Waals surface area contributed by atoms with Gasteiger partial charge in [0.15, 0.2) is 0 Å². The van der Waals surface area contributed by atoms with Gasteiger partial charge in [0.05, 0.1) is 5.56 Å². The van der Waals surface area contributed by atoms with Crippen LogP contribution in [-0.2, 0) is 0 Å². The van der Waals surface area contributed by atoms with Crippen molar-refractivity contribution >= 4 is 23.2 Å². The summed E-state index contributed by atoms with van der Waals surface area (Å²) in [5, 5.41) is 7.25. The molecule has 1 aromatic carbocycles. The largest absolute Gasteiger partial charge is 0.382 e. The van der Waals surface area contributed by atoms with Crippen LogP contribution in [0.1, 0.15) is 36.0 Å². The normalized spacial score (nSPS) is 23.1. The predicted molar refractivity (Wildman–Crippen MR) is 78.7 cm³/mol. The van der Waals surface area contributed by atoms with Gasteiger partial charge in [0.2, 0.25) is 0 Å². The lowest BCUT2D eigenvalue weighted by molar-refractivity contribution is 0.100. The van der Waals surface area contributed by atoms with Crippen molar-refractivity contribution in [1.82, 2.24) is 5.32 Å². The van der Waals surface area contributed by atoms with Gasteiger partial charge in [-0.1, -0.05) is 11.6 Å². The van der Waals surface area contributed by atoms with Gasteiger partial charge < -0.3 is 16.4 Å². The molecule has 0 aliphatic heterocycles. The molecule has 1 aromatic rings. The molecule has 4 N–H and O–H groups in total. The van der Waals surface area contributed by atoms with Crippen molar-refractivity contribution in [3.8, 4) is 0 Å². The van der Waals surface area contributed by atoms with Gasteiger partial charge in [-0.3, -0.25) is 4.79 Å². The highest BCUT2D eigenvalue weighted by atomic mass is 35.5. The Morgan fingerprint density at radius 1 is 1.26 bits per heavy atom. The lowest BCUT2D eigenvalue weighted by atomic mass is 9.91. The molecule has 5 heteroatoms. The molecule has 0 spiro atoms. The molecule has 1 aliphatic carbocycles. The van der Waals surface area contributed by atoms with Crippen LogP contribution in [0.3, 0.4) is 0 Å². The third kappa shape index (κ3) is 3.61. The van der Waals surface area contributed by atoms with Gasteiger partial charge in [0.1, 0.15) is 0 Å². The van der Waals surface area contributed by atoms with E-state index in [1.165, 1.54) is 0 Å². The summed E-state index contributed by atoms with van der Waals surface area (Å²) in [7, 11) is 2.00. The molecule has 0 unspecified atom stereocenters. The number of amides is 1. The molecule has 1 amide bonds. The quantitative estimate of drug-likeness (QED) is 0.794. The van der Waals surface area contributed by atoms with Crippen LogP contribution in [0.4, 0.5) is 5.69 Å². The van der Waals surface area contributed by atoms with Crippen LogP contribution < -0.4 is 16.4 Å². The van der Waals surface area contributed by atoms with Crippen LogP contribution in [0.15, 0.2) is 18.2 Å². The van der Waals surface area contributed by atoms with Crippen LogP contribution in [-0.4, -0.2) is 25.0 Å². The maximum absolute atomic E-state index is 11.4. The first-order chi connectivity index (χ1) is 9.10. The molecule has 19 heavy (non-hydrogen) atoms. The maximum atomic E-state index is 11.4. The van der Waals surface area contributed by atoms with Crippen LogP contribution in [0.5, 0.6) is 0 Å². The predicted octanol–water partition coefficient (Wildman–Crippen LogP) is 2.38. The smallest absolute Gasteiger partial charge is 0.250 e. The summed E-state index contributed by atoms with van der Waals surface area (Å²) in [5.41, 5.74) is 6.63. The van der Waals surface area contributed by atoms with Gasteiger partial charge in [-0.05, 0) is 50.9 Å². The Balaban J connectivity index is 2.05. The fourth-order valence-corrected chi connectivity index (χ4v) is 2.76. The minimum atomic E-state index is -0.450. The fraction of sp³-hybridized carbons (Fsp3) is 0.500. The van der Waals surface area contributed by atoms with Crippen LogP contribution >= 0.6 is 11.6 Å². The first-order valence-corrected chi connectivity index (χ1v) is 7.01. The number of carbonyl (C=O) groups is 1. The van der Waals surface area contributed by atoms with E-state index in [1.54, 1.807) is 12.1 Å². The Bertz CT molecular complexity index is 456. The van der Waals surface area contributed by atoms with E-state index >= 15 is 0 Å². The SMILES string of the molecule is CNC1CCC(Nc2ccc(Cl)cc2C(N)=O)CC1. The second-order valence-electron chi connectivity index (χ2n) is 5.04. The van der Waals surface area contributed by atoms with Crippen molar-refractivity contribution in [1.29, 1.82) is 0 Å². The second kappa shape index (κ2) is 6.26. The molecule has 2 rings (SSSR count). The Morgan fingerprint density at radius 3 is 2.47 bits per heavy atom. The molecule has 1 saturated carbocycles. The molecule has 0 atom stereocenters. The van der Waals surface area contributed by atoms with Crippen molar-refractivity contribution in [2.45, 2.75) is 37.8 Å². The molecule has 1 aliphatic rings. The van der Waals surface area contributed by atoms with Gasteiger partial charge in [0, 0.05) is 22.8 Å². The van der Waals surface area contributed by atoms with Crippen molar-refractivity contribution < 1.29 is 4.79 Å². The minimum Gasteiger partial charge on any atom is -0.382 e. The molecule has 4 nitrogen and oxygen atoms in total. The van der Waals surface area contributed by atoms with E-state index in [1.807, 2.05) is 13.1 Å². The number of halogens is 1. The topological polar surface area (TPSA) is 67.2 Å². The molecule has 104 valence electrons. The summed E-state index contributed by atoms with van der Waals surface area (Å²) in [6, 6.07) is 6.22. The van der Waals surface area contributed by atoms with Crippen LogP contribution in [0.2, 0.25) is 5.02 Å². The lowest BCUT2D eigenvalue weighted by Crippen LogP contribution is -2.35. The minimum absolute atomic E-state index is 0.392. The highest BCUT2D eigenvalue weighted by molar-refractivity contribution is 6.31. The van der Waals surface area contributed by atoms with E-state index in [0.717, 1.165) is 31.4 Å². The molecule has 0 radical (unpaired) electrons. The number of nitrogens with one attached hydrogen (secondary N) is 2. The Kier molecular flexibility index (Phi) is 4.66. The van der Waals surface area contributed by atoms with E-state index in [0.29, 0.717) is 22.7 Å². The summed E-state index contributed by atoms with van der Waals surface area (Å²) in [6.07, 6.45) is 4.47. The molecule has 0 aromatic heterocycles. The Hall–Kier alpha value is -1.26. The van der Waals surface area contributed by atoms with Crippen LogP contribution in [0, 0.1) is 0 Å². The Morgan fingerprint density at radius 2 is 1.89 bits per heavy atom. The molecule has 0 saturated heterocycles. The summed E-state index contributed by atoms with van der Waals surface area (Å²) >= 11 is 5.90. The molecule has 1 fully saturated rings. The molecular weight excluding hydrogens is 262 g/mol. The van der Waals surface area contributed by atoms with Crippen molar-refractivity contribution in [2.24, 2.45) is 5.73 Å². The van der Waals surface area contributed by atoms with Gasteiger partial charge >= 0.3 is 0 Å². The zero-order valence-electron chi connectivity index (χ0n) is 11.1. The first-order valence-electron chi connectivity index (χ1n) is 6.63. The van der Waals surface area contributed by atoms with Gasteiger partial charge in [-0.15, -0.1) is 0 Å². The van der Waals surface area contributed by atoms with E-state index in [4.69, 9.17) is 17.3 Å². The summed E-state index contributed by atoms with van der Waals surface area (Å²) < 4.78 is 0. The number of nitrogens with two attached hydrogens (primary N) is 1. The van der Waals surface area contributed by atoms with E-state index in [9.17, 15) is 4.79 Å². The fourth-order valence-electron chi connectivity index (χ4n) is 2.59. The molecule has 0 bridgehead atoms. The standard InChI is InChI=1S/C14H20ClN3O/c1-17-10-3-5-11(6-4-10)18-13-7-2-9(15)8-12(13)14(16)19/h2,7-8,10-11,17-18H,3-6H2,1H3,(H2,16,19). The molecular formula is C14H20ClN3O. The third-order valence-electron chi connectivity index (χ3n) is 3.74. The first kappa shape index (κ1) is 14.2. The van der Waals surface area contributed by atoms with Crippen molar-refractivity contribution in [3.05, 3.63) is 28.8 Å². The number of anilines is 1. The number of hydrogen-bond acceptors (Lipinski definition) is 3. The van der Waals surface area contributed by atoms with Gasteiger partial charge in [-0.2, -0.15) is 0 Å². The summed E-state index contributed by atoms with van der Waals surface area (Å²) in [4.78, 5) is 11.4. The van der Waals surface area contributed by atoms with E-state index < -0.39 is 5.91 Å². The van der Waals surface area contributed by atoms with Crippen LogP contribution in [0.25, 0.3) is 0 Å². The number of rotatable bonds is 4. The van der Waals surface area contributed by atoms with E-state index in [-0.39, 0.29) is 0 Å². The zero-order chi connectivity index (χ0) is 13.8. The monoisotopic (exact) mass is 281 g/mol. The highest BCUT2D eigenvalue weighted by Gasteiger charge is 2.21. The highest BCUT2D eigenvalue weighted by Crippen LogP contribution is 2.25. The lowest BCUT2D eigenvalue weighted by Gasteiger charge is -2.30.